The van der Waals surface area contributed by atoms with E-state index in [1.54, 1.807) is 0 Å². The van der Waals surface area contributed by atoms with Crippen LogP contribution >= 0.6 is 0 Å². The fourth-order valence-electron chi connectivity index (χ4n) is 2.69. The van der Waals surface area contributed by atoms with Crippen molar-refractivity contribution in [2.45, 2.75) is 18.9 Å². The van der Waals surface area contributed by atoms with Crippen LogP contribution in [0.15, 0.2) is 12.2 Å². The van der Waals surface area contributed by atoms with E-state index in [1.165, 1.54) is 0 Å². The SMILES string of the molecule is O=C(C1CC=CC1)N1C[C@@H]2CON[C@@H]2C1. The van der Waals surface area contributed by atoms with Gasteiger partial charge in [0.2, 0.25) is 5.91 Å². The minimum Gasteiger partial charge on any atom is -0.340 e. The second-order valence-corrected chi connectivity index (χ2v) is 4.68. The second-order valence-electron chi connectivity index (χ2n) is 4.68. The number of hydrogen-bond acceptors (Lipinski definition) is 3. The number of likely N-dealkylation sites (tertiary alicyclic amines) is 1. The highest BCUT2D eigenvalue weighted by Gasteiger charge is 2.40. The third-order valence-corrected chi connectivity index (χ3v) is 3.64. The van der Waals surface area contributed by atoms with Crippen molar-refractivity contribution in [3.8, 4) is 0 Å². The largest absolute Gasteiger partial charge is 0.340 e. The highest BCUT2D eigenvalue weighted by atomic mass is 16.7. The molecule has 1 aliphatic carbocycles. The zero-order valence-electron chi connectivity index (χ0n) is 8.69. The molecule has 82 valence electrons. The van der Waals surface area contributed by atoms with Gasteiger partial charge in [0, 0.05) is 24.9 Å². The Morgan fingerprint density at radius 2 is 2.13 bits per heavy atom. The molecule has 0 aromatic carbocycles. The number of hydrogen-bond donors (Lipinski definition) is 1. The van der Waals surface area contributed by atoms with Crippen molar-refractivity contribution < 1.29 is 9.63 Å². The number of fused-ring (bicyclic) bond motifs is 1. The van der Waals surface area contributed by atoms with E-state index in [0.717, 1.165) is 32.5 Å². The first-order valence-corrected chi connectivity index (χ1v) is 5.65. The normalized spacial score (nSPS) is 35.1. The van der Waals surface area contributed by atoms with Gasteiger partial charge in [-0.25, -0.2) is 0 Å². The van der Waals surface area contributed by atoms with Crippen LogP contribution in [0.2, 0.25) is 0 Å². The van der Waals surface area contributed by atoms with Crippen molar-refractivity contribution in [2.24, 2.45) is 11.8 Å². The maximum absolute atomic E-state index is 12.1. The summed E-state index contributed by atoms with van der Waals surface area (Å²) in [6, 6.07) is 0.364. The second kappa shape index (κ2) is 3.61. The summed E-state index contributed by atoms with van der Waals surface area (Å²) in [4.78, 5) is 19.3. The Balaban J connectivity index is 1.62. The average Bonchev–Trinajstić information content (AvgIpc) is 2.92. The molecule has 2 atom stereocenters. The zero-order chi connectivity index (χ0) is 10.3. The minimum absolute atomic E-state index is 0.213. The quantitative estimate of drug-likeness (QED) is 0.631. The number of carbonyl (C=O) groups is 1. The van der Waals surface area contributed by atoms with E-state index in [-0.39, 0.29) is 5.92 Å². The number of rotatable bonds is 1. The first-order valence-electron chi connectivity index (χ1n) is 5.65. The third kappa shape index (κ3) is 1.58. The summed E-state index contributed by atoms with van der Waals surface area (Å²) in [6.07, 6.45) is 6.07. The summed E-state index contributed by atoms with van der Waals surface area (Å²) in [5.74, 6) is 1.05. The van der Waals surface area contributed by atoms with Gasteiger partial charge in [0.25, 0.3) is 0 Å². The molecule has 1 amide bonds. The Kier molecular flexibility index (Phi) is 2.25. The Bertz CT molecular complexity index is 283. The number of hydroxylamine groups is 1. The zero-order valence-corrected chi connectivity index (χ0v) is 8.69. The summed E-state index contributed by atoms with van der Waals surface area (Å²) in [5.41, 5.74) is 2.98. The van der Waals surface area contributed by atoms with Crippen LogP contribution in [0.5, 0.6) is 0 Å². The van der Waals surface area contributed by atoms with Crippen LogP contribution in [0.25, 0.3) is 0 Å². The molecule has 2 fully saturated rings. The summed E-state index contributed by atoms with van der Waals surface area (Å²) < 4.78 is 0. The molecule has 2 heterocycles. The molecule has 2 saturated heterocycles. The van der Waals surface area contributed by atoms with Crippen LogP contribution in [0.3, 0.4) is 0 Å². The van der Waals surface area contributed by atoms with E-state index in [0.29, 0.717) is 17.9 Å². The molecular weight excluding hydrogens is 192 g/mol. The Morgan fingerprint density at radius 3 is 2.87 bits per heavy atom. The van der Waals surface area contributed by atoms with Gasteiger partial charge < -0.3 is 9.74 Å². The van der Waals surface area contributed by atoms with E-state index in [4.69, 9.17) is 4.84 Å². The number of amides is 1. The van der Waals surface area contributed by atoms with Crippen molar-refractivity contribution in [1.29, 1.82) is 0 Å². The molecular formula is C11H16N2O2. The lowest BCUT2D eigenvalue weighted by Crippen LogP contribution is -2.36. The van der Waals surface area contributed by atoms with E-state index in [1.807, 2.05) is 4.90 Å². The molecule has 0 spiro atoms. The van der Waals surface area contributed by atoms with Gasteiger partial charge in [0.05, 0.1) is 12.6 Å². The van der Waals surface area contributed by atoms with Crippen molar-refractivity contribution in [3.63, 3.8) is 0 Å². The Labute approximate surface area is 89.2 Å². The summed E-state index contributed by atoms with van der Waals surface area (Å²) in [6.45, 7) is 2.43. The molecule has 15 heavy (non-hydrogen) atoms. The van der Waals surface area contributed by atoms with Gasteiger partial charge in [0.15, 0.2) is 0 Å². The topological polar surface area (TPSA) is 41.6 Å². The van der Waals surface area contributed by atoms with Gasteiger partial charge >= 0.3 is 0 Å². The molecule has 4 heteroatoms. The molecule has 0 unspecified atom stereocenters. The maximum atomic E-state index is 12.1. The Morgan fingerprint density at radius 1 is 1.33 bits per heavy atom. The van der Waals surface area contributed by atoms with Crippen LogP contribution < -0.4 is 5.48 Å². The van der Waals surface area contributed by atoms with Gasteiger partial charge in [-0.05, 0) is 12.8 Å². The highest BCUT2D eigenvalue weighted by Crippen LogP contribution is 2.26. The molecule has 0 bridgehead atoms. The van der Waals surface area contributed by atoms with Gasteiger partial charge in [-0.1, -0.05) is 12.2 Å². The molecule has 0 saturated carbocycles. The van der Waals surface area contributed by atoms with E-state index in [9.17, 15) is 4.79 Å². The van der Waals surface area contributed by atoms with Gasteiger partial charge in [-0.2, -0.15) is 5.48 Å². The fraction of sp³-hybridized carbons (Fsp3) is 0.727. The van der Waals surface area contributed by atoms with E-state index >= 15 is 0 Å². The van der Waals surface area contributed by atoms with Gasteiger partial charge in [-0.15, -0.1) is 0 Å². The van der Waals surface area contributed by atoms with Gasteiger partial charge in [0.1, 0.15) is 0 Å². The van der Waals surface area contributed by atoms with Gasteiger partial charge in [-0.3, -0.25) is 4.79 Å². The maximum Gasteiger partial charge on any atom is 0.226 e. The van der Waals surface area contributed by atoms with Crippen LogP contribution in [0.4, 0.5) is 0 Å². The van der Waals surface area contributed by atoms with Crippen molar-refractivity contribution in [3.05, 3.63) is 12.2 Å². The predicted molar refractivity (Wildman–Crippen MR) is 54.8 cm³/mol. The molecule has 4 nitrogen and oxygen atoms in total. The minimum atomic E-state index is 0.213. The van der Waals surface area contributed by atoms with Crippen molar-refractivity contribution in [1.82, 2.24) is 10.4 Å². The standard InChI is InChI=1S/C11H16N2O2/c14-11(8-3-1-2-4-8)13-5-9-7-15-12-10(9)6-13/h1-2,8-10,12H,3-7H2/t9-,10-/m1/s1. The highest BCUT2D eigenvalue weighted by molar-refractivity contribution is 5.80. The monoisotopic (exact) mass is 208 g/mol. The van der Waals surface area contributed by atoms with Crippen LogP contribution in [0.1, 0.15) is 12.8 Å². The summed E-state index contributed by atoms with van der Waals surface area (Å²) >= 11 is 0. The number of nitrogens with zero attached hydrogens (tertiary/aromatic N) is 1. The summed E-state index contributed by atoms with van der Waals surface area (Å²) in [5, 5.41) is 0. The number of carbonyl (C=O) groups excluding carboxylic acids is 1. The third-order valence-electron chi connectivity index (χ3n) is 3.64. The van der Waals surface area contributed by atoms with Crippen LogP contribution in [-0.2, 0) is 9.63 Å². The fourth-order valence-corrected chi connectivity index (χ4v) is 2.69. The van der Waals surface area contributed by atoms with Crippen LogP contribution in [0, 0.1) is 11.8 Å². The van der Waals surface area contributed by atoms with Crippen LogP contribution in [-0.4, -0.2) is 36.5 Å². The first-order chi connectivity index (χ1) is 7.34. The lowest BCUT2D eigenvalue weighted by Gasteiger charge is -2.21. The smallest absolute Gasteiger partial charge is 0.226 e. The average molecular weight is 208 g/mol. The first kappa shape index (κ1) is 9.36. The van der Waals surface area contributed by atoms with E-state index in [2.05, 4.69) is 17.6 Å². The molecule has 0 aromatic rings. The predicted octanol–water partition coefficient (Wildman–Crippen LogP) is 0.314. The Hall–Kier alpha value is -0.870. The van der Waals surface area contributed by atoms with E-state index < -0.39 is 0 Å². The van der Waals surface area contributed by atoms with Crippen molar-refractivity contribution in [2.75, 3.05) is 19.7 Å². The molecule has 1 N–H and O–H groups in total. The molecule has 3 rings (SSSR count). The summed E-state index contributed by atoms with van der Waals surface area (Å²) in [7, 11) is 0. The lowest BCUT2D eigenvalue weighted by molar-refractivity contribution is -0.134. The molecule has 0 radical (unpaired) electrons. The molecule has 0 aromatic heterocycles. The van der Waals surface area contributed by atoms with Crippen molar-refractivity contribution >= 4 is 5.91 Å². The lowest BCUT2D eigenvalue weighted by atomic mass is 10.1. The number of allylic oxidation sites excluding steroid dienone is 2. The molecule has 3 aliphatic rings. The number of nitrogens with one attached hydrogen (secondary N) is 1. The molecule has 2 aliphatic heterocycles.